The van der Waals surface area contributed by atoms with Gasteiger partial charge in [0.15, 0.2) is 0 Å². The first-order valence-electron chi connectivity index (χ1n) is 5.65. The summed E-state index contributed by atoms with van der Waals surface area (Å²) in [6, 6.07) is 9.12. The van der Waals surface area contributed by atoms with Crippen LogP contribution in [-0.2, 0) is 6.54 Å². The van der Waals surface area contributed by atoms with Gasteiger partial charge in [-0.2, -0.15) is 0 Å². The fraction of sp³-hybridized carbons (Fsp3) is 0.214. The number of furan rings is 1. The van der Waals surface area contributed by atoms with Crippen LogP contribution in [0.1, 0.15) is 21.7 Å². The van der Waals surface area contributed by atoms with Crippen LogP contribution in [0.25, 0.3) is 0 Å². The highest BCUT2D eigenvalue weighted by Crippen LogP contribution is 2.15. The molecule has 0 bridgehead atoms. The zero-order chi connectivity index (χ0) is 13.1. The fourth-order valence-corrected chi connectivity index (χ4v) is 1.99. The maximum Gasteiger partial charge on any atom is 0.253 e. The van der Waals surface area contributed by atoms with Crippen molar-refractivity contribution >= 4 is 18.5 Å². The highest BCUT2D eigenvalue weighted by Gasteiger charge is 2.13. The molecule has 1 aromatic carbocycles. The average molecular weight is 261 g/mol. The maximum absolute atomic E-state index is 12.2. The molecule has 0 unspecified atom stereocenters. The molecule has 0 atom stereocenters. The summed E-state index contributed by atoms with van der Waals surface area (Å²) in [5, 5.41) is 0. The third-order valence-electron chi connectivity index (χ3n) is 2.81. The van der Waals surface area contributed by atoms with Crippen LogP contribution in [0.2, 0.25) is 0 Å². The summed E-state index contributed by atoms with van der Waals surface area (Å²) in [5.74, 6) is 0.823. The molecule has 0 aliphatic heterocycles. The molecule has 2 rings (SSSR count). The highest BCUT2D eigenvalue weighted by molar-refractivity contribution is 7.80. The zero-order valence-electron chi connectivity index (χ0n) is 10.4. The van der Waals surface area contributed by atoms with E-state index in [1.807, 2.05) is 25.1 Å². The van der Waals surface area contributed by atoms with Crippen molar-refractivity contribution in [3.05, 3.63) is 53.5 Å². The van der Waals surface area contributed by atoms with E-state index >= 15 is 0 Å². The molecule has 0 saturated carbocycles. The molecule has 0 aliphatic carbocycles. The summed E-state index contributed by atoms with van der Waals surface area (Å²) in [4.78, 5) is 14.6. The lowest BCUT2D eigenvalue weighted by molar-refractivity contribution is 0.0784. The summed E-state index contributed by atoms with van der Waals surface area (Å²) in [6.07, 6.45) is 1.64. The number of hydrogen-bond acceptors (Lipinski definition) is 3. The number of amides is 1. The van der Waals surface area contributed by atoms with Gasteiger partial charge < -0.3 is 9.32 Å². The second kappa shape index (κ2) is 5.31. The predicted octanol–water partition coefficient (Wildman–Crippen LogP) is 3.15. The SMILES string of the molecule is Cc1occc1CN(C)C(=O)c1cccc(S)c1. The Labute approximate surface area is 112 Å². The largest absolute Gasteiger partial charge is 0.469 e. The van der Waals surface area contributed by atoms with Gasteiger partial charge in [0.2, 0.25) is 0 Å². The standard InChI is InChI=1S/C14H15NO2S/c1-10-12(6-7-17-10)9-15(2)14(16)11-4-3-5-13(18)8-11/h3-8,18H,9H2,1-2H3. The predicted molar refractivity (Wildman–Crippen MR) is 72.9 cm³/mol. The molecule has 18 heavy (non-hydrogen) atoms. The van der Waals surface area contributed by atoms with Gasteiger partial charge in [-0.3, -0.25) is 4.79 Å². The molecule has 94 valence electrons. The van der Waals surface area contributed by atoms with Gasteiger partial charge in [0, 0.05) is 29.6 Å². The summed E-state index contributed by atoms with van der Waals surface area (Å²) in [5.41, 5.74) is 1.67. The van der Waals surface area contributed by atoms with Gasteiger partial charge >= 0.3 is 0 Å². The second-order valence-electron chi connectivity index (χ2n) is 4.21. The Hall–Kier alpha value is -1.68. The summed E-state index contributed by atoms with van der Waals surface area (Å²) in [7, 11) is 1.78. The van der Waals surface area contributed by atoms with E-state index in [2.05, 4.69) is 12.6 Å². The Morgan fingerprint density at radius 1 is 1.39 bits per heavy atom. The van der Waals surface area contributed by atoms with Gasteiger partial charge in [-0.05, 0) is 31.2 Å². The number of benzene rings is 1. The van der Waals surface area contributed by atoms with E-state index in [0.717, 1.165) is 16.2 Å². The van der Waals surface area contributed by atoms with Crippen LogP contribution in [0.15, 0.2) is 45.9 Å². The number of nitrogens with zero attached hydrogens (tertiary/aromatic N) is 1. The minimum atomic E-state index is -0.0218. The molecule has 0 fully saturated rings. The number of carbonyl (C=O) groups is 1. The minimum Gasteiger partial charge on any atom is -0.469 e. The molecule has 0 spiro atoms. The van der Waals surface area contributed by atoms with E-state index in [0.29, 0.717) is 12.1 Å². The monoisotopic (exact) mass is 261 g/mol. The van der Waals surface area contributed by atoms with Crippen LogP contribution in [0.5, 0.6) is 0 Å². The summed E-state index contributed by atoms with van der Waals surface area (Å²) in [6.45, 7) is 2.43. The van der Waals surface area contributed by atoms with E-state index in [9.17, 15) is 4.79 Å². The first kappa shape index (κ1) is 12.8. The van der Waals surface area contributed by atoms with Gasteiger partial charge in [0.05, 0.1) is 6.26 Å². The van der Waals surface area contributed by atoms with Gasteiger partial charge in [-0.25, -0.2) is 0 Å². The topological polar surface area (TPSA) is 33.5 Å². The number of rotatable bonds is 3. The molecule has 3 nitrogen and oxygen atoms in total. The molecule has 1 heterocycles. The Morgan fingerprint density at radius 3 is 2.78 bits per heavy atom. The van der Waals surface area contributed by atoms with Crippen molar-refractivity contribution in [1.29, 1.82) is 0 Å². The quantitative estimate of drug-likeness (QED) is 0.861. The highest BCUT2D eigenvalue weighted by atomic mass is 32.1. The zero-order valence-corrected chi connectivity index (χ0v) is 11.3. The molecular formula is C14H15NO2S. The third-order valence-corrected chi connectivity index (χ3v) is 3.09. The Morgan fingerprint density at radius 2 is 2.17 bits per heavy atom. The lowest BCUT2D eigenvalue weighted by atomic mass is 10.2. The van der Waals surface area contributed by atoms with E-state index in [1.165, 1.54) is 0 Å². The fourth-order valence-electron chi connectivity index (χ4n) is 1.76. The minimum absolute atomic E-state index is 0.0218. The van der Waals surface area contributed by atoms with Crippen LogP contribution >= 0.6 is 12.6 Å². The van der Waals surface area contributed by atoms with Gasteiger partial charge in [0.1, 0.15) is 5.76 Å². The van der Waals surface area contributed by atoms with Crippen LogP contribution in [0.3, 0.4) is 0 Å². The second-order valence-corrected chi connectivity index (χ2v) is 4.73. The normalized spacial score (nSPS) is 10.4. The Bertz CT molecular complexity index is 562. The van der Waals surface area contributed by atoms with Crippen molar-refractivity contribution in [1.82, 2.24) is 4.90 Å². The molecule has 1 amide bonds. The van der Waals surface area contributed by atoms with Gasteiger partial charge in [-0.15, -0.1) is 12.6 Å². The van der Waals surface area contributed by atoms with Crippen LogP contribution in [0, 0.1) is 6.92 Å². The van der Waals surface area contributed by atoms with Gasteiger partial charge in [-0.1, -0.05) is 6.07 Å². The first-order valence-corrected chi connectivity index (χ1v) is 6.10. The number of carbonyl (C=O) groups excluding carboxylic acids is 1. The molecule has 0 aliphatic rings. The molecule has 1 aromatic heterocycles. The van der Waals surface area contributed by atoms with Crippen molar-refractivity contribution in [2.24, 2.45) is 0 Å². The van der Waals surface area contributed by atoms with Crippen LogP contribution in [-0.4, -0.2) is 17.9 Å². The Balaban J connectivity index is 2.12. The first-order chi connectivity index (χ1) is 8.58. The molecule has 0 radical (unpaired) electrons. The number of aryl methyl sites for hydroxylation is 1. The smallest absolute Gasteiger partial charge is 0.253 e. The van der Waals surface area contributed by atoms with Crippen molar-refractivity contribution < 1.29 is 9.21 Å². The average Bonchev–Trinajstić information content (AvgIpc) is 2.74. The Kier molecular flexibility index (Phi) is 3.77. The van der Waals surface area contributed by atoms with Crippen molar-refractivity contribution in [3.8, 4) is 0 Å². The van der Waals surface area contributed by atoms with E-state index in [4.69, 9.17) is 4.42 Å². The van der Waals surface area contributed by atoms with E-state index < -0.39 is 0 Å². The molecule has 2 aromatic rings. The van der Waals surface area contributed by atoms with Crippen LogP contribution < -0.4 is 0 Å². The number of hydrogen-bond donors (Lipinski definition) is 1. The third kappa shape index (κ3) is 2.76. The molecule has 0 N–H and O–H groups in total. The summed E-state index contributed by atoms with van der Waals surface area (Å²) < 4.78 is 5.22. The van der Waals surface area contributed by atoms with Crippen molar-refractivity contribution in [2.45, 2.75) is 18.4 Å². The molecule has 0 saturated heterocycles. The van der Waals surface area contributed by atoms with Crippen LogP contribution in [0.4, 0.5) is 0 Å². The van der Waals surface area contributed by atoms with E-state index in [-0.39, 0.29) is 5.91 Å². The molecular weight excluding hydrogens is 246 g/mol. The van der Waals surface area contributed by atoms with E-state index in [1.54, 1.807) is 30.3 Å². The lowest BCUT2D eigenvalue weighted by Gasteiger charge is -2.17. The maximum atomic E-state index is 12.2. The van der Waals surface area contributed by atoms with Crippen molar-refractivity contribution in [2.75, 3.05) is 7.05 Å². The van der Waals surface area contributed by atoms with Crippen molar-refractivity contribution in [3.63, 3.8) is 0 Å². The lowest BCUT2D eigenvalue weighted by Crippen LogP contribution is -2.26. The number of thiol groups is 1. The van der Waals surface area contributed by atoms with Gasteiger partial charge in [0.25, 0.3) is 5.91 Å². The summed E-state index contributed by atoms with van der Waals surface area (Å²) >= 11 is 4.24. The molecule has 4 heteroatoms.